The van der Waals surface area contributed by atoms with E-state index in [-0.39, 0.29) is 0 Å². The lowest BCUT2D eigenvalue weighted by Crippen LogP contribution is -1.99. The van der Waals surface area contributed by atoms with Crippen LogP contribution in [0.1, 0.15) is 18.4 Å². The smallest absolute Gasteiger partial charge is 0.134 e. The van der Waals surface area contributed by atoms with Crippen LogP contribution in [0.3, 0.4) is 0 Å². The molecule has 0 aliphatic carbocycles. The number of rotatable bonds is 3. The number of hydrogen-bond donors (Lipinski definition) is 1. The molecule has 0 amide bonds. The normalized spacial score (nSPS) is 10.4. The Morgan fingerprint density at radius 1 is 1.38 bits per heavy atom. The van der Waals surface area contributed by atoms with Crippen LogP contribution in [0, 0.1) is 6.92 Å². The van der Waals surface area contributed by atoms with E-state index in [0.717, 1.165) is 29.4 Å². The molecule has 2 rings (SSSR count). The first-order chi connectivity index (χ1) is 7.67. The topological polar surface area (TPSA) is 55.6 Å². The van der Waals surface area contributed by atoms with Crippen molar-refractivity contribution in [2.75, 3.05) is 5.32 Å². The number of nitrogens with one attached hydrogen (secondary N) is 1. The number of hydrogen-bond acceptors (Lipinski definition) is 4. The van der Waals surface area contributed by atoms with Crippen LogP contribution in [0.5, 0.6) is 0 Å². The Labute approximate surface area is 94.5 Å². The summed E-state index contributed by atoms with van der Waals surface area (Å²) in [7, 11) is 1.88. The van der Waals surface area contributed by atoms with E-state index in [1.54, 1.807) is 10.9 Å². The molecule has 5 nitrogen and oxygen atoms in total. The third-order valence-electron chi connectivity index (χ3n) is 2.23. The van der Waals surface area contributed by atoms with E-state index in [9.17, 15) is 0 Å². The van der Waals surface area contributed by atoms with Gasteiger partial charge in [0.05, 0.1) is 11.9 Å². The highest BCUT2D eigenvalue weighted by molar-refractivity contribution is 5.54. The fraction of sp³-hybridized carbons (Fsp3) is 0.364. The lowest BCUT2D eigenvalue weighted by atomic mass is 10.3. The van der Waals surface area contributed by atoms with Crippen molar-refractivity contribution in [1.29, 1.82) is 0 Å². The maximum absolute atomic E-state index is 4.33. The van der Waals surface area contributed by atoms with Gasteiger partial charge in [-0.2, -0.15) is 5.10 Å². The number of nitrogens with zero attached hydrogens (tertiary/aromatic N) is 4. The van der Waals surface area contributed by atoms with Gasteiger partial charge in [-0.1, -0.05) is 6.92 Å². The first kappa shape index (κ1) is 10.6. The summed E-state index contributed by atoms with van der Waals surface area (Å²) >= 11 is 0. The molecule has 0 aliphatic heterocycles. The van der Waals surface area contributed by atoms with E-state index in [1.807, 2.05) is 26.2 Å². The maximum atomic E-state index is 4.33. The van der Waals surface area contributed by atoms with Crippen LogP contribution in [0.15, 0.2) is 18.5 Å². The van der Waals surface area contributed by atoms with Crippen molar-refractivity contribution in [3.05, 3.63) is 30.0 Å². The minimum Gasteiger partial charge on any atom is -0.338 e. The first-order valence-corrected chi connectivity index (χ1v) is 5.27. The van der Waals surface area contributed by atoms with Crippen molar-refractivity contribution in [2.24, 2.45) is 7.05 Å². The molecule has 0 fully saturated rings. The van der Waals surface area contributed by atoms with Gasteiger partial charge in [0.2, 0.25) is 0 Å². The molecule has 16 heavy (non-hydrogen) atoms. The monoisotopic (exact) mass is 217 g/mol. The highest BCUT2D eigenvalue weighted by atomic mass is 15.3. The first-order valence-electron chi connectivity index (χ1n) is 5.27. The van der Waals surface area contributed by atoms with E-state index in [2.05, 4.69) is 27.3 Å². The van der Waals surface area contributed by atoms with Crippen molar-refractivity contribution < 1.29 is 0 Å². The van der Waals surface area contributed by atoms with Crippen molar-refractivity contribution in [3.8, 4) is 0 Å². The van der Waals surface area contributed by atoms with Gasteiger partial charge in [-0.15, -0.1) is 0 Å². The molecule has 2 aromatic rings. The summed E-state index contributed by atoms with van der Waals surface area (Å²) in [4.78, 5) is 8.65. The molecular formula is C11H15N5. The molecule has 2 heterocycles. The summed E-state index contributed by atoms with van der Waals surface area (Å²) in [5.41, 5.74) is 1.97. The predicted molar refractivity (Wildman–Crippen MR) is 62.6 cm³/mol. The molecule has 84 valence electrons. The van der Waals surface area contributed by atoms with Crippen molar-refractivity contribution in [3.63, 3.8) is 0 Å². The number of anilines is 2. The molecule has 0 aliphatic rings. The Kier molecular flexibility index (Phi) is 2.85. The third kappa shape index (κ3) is 2.36. The second-order valence-electron chi connectivity index (χ2n) is 3.67. The van der Waals surface area contributed by atoms with Crippen molar-refractivity contribution >= 4 is 11.5 Å². The second kappa shape index (κ2) is 4.30. The van der Waals surface area contributed by atoms with Crippen LogP contribution in [0.25, 0.3) is 0 Å². The predicted octanol–water partition coefficient (Wildman–Crippen LogP) is 1.82. The standard InChI is InChI=1S/C11H15N5/c1-4-9-5-11(14-8(2)13-9)15-10-6-12-16(3)7-10/h5-7H,4H2,1-3H3,(H,13,14,15). The van der Waals surface area contributed by atoms with E-state index < -0.39 is 0 Å². The summed E-state index contributed by atoms with van der Waals surface area (Å²) in [6.45, 7) is 3.98. The van der Waals surface area contributed by atoms with Gasteiger partial charge in [0, 0.05) is 25.0 Å². The van der Waals surface area contributed by atoms with E-state index >= 15 is 0 Å². The summed E-state index contributed by atoms with van der Waals surface area (Å²) in [5, 5.41) is 7.29. The number of aromatic nitrogens is 4. The summed E-state index contributed by atoms with van der Waals surface area (Å²) < 4.78 is 1.75. The second-order valence-corrected chi connectivity index (χ2v) is 3.67. The van der Waals surface area contributed by atoms with Crippen LogP contribution in [-0.2, 0) is 13.5 Å². The van der Waals surface area contributed by atoms with E-state index in [4.69, 9.17) is 0 Å². The molecule has 0 atom stereocenters. The third-order valence-corrected chi connectivity index (χ3v) is 2.23. The van der Waals surface area contributed by atoms with Crippen molar-refractivity contribution in [1.82, 2.24) is 19.7 Å². The molecule has 0 radical (unpaired) electrons. The van der Waals surface area contributed by atoms with Gasteiger partial charge in [0.15, 0.2) is 0 Å². The Balaban J connectivity index is 2.24. The molecular weight excluding hydrogens is 202 g/mol. The average Bonchev–Trinajstić information content (AvgIpc) is 2.63. The number of aryl methyl sites for hydroxylation is 3. The fourth-order valence-corrected chi connectivity index (χ4v) is 1.51. The van der Waals surface area contributed by atoms with Gasteiger partial charge in [-0.3, -0.25) is 4.68 Å². The van der Waals surface area contributed by atoms with E-state index in [0.29, 0.717) is 0 Å². The maximum Gasteiger partial charge on any atom is 0.134 e. The van der Waals surface area contributed by atoms with Crippen LogP contribution < -0.4 is 5.32 Å². The van der Waals surface area contributed by atoms with Gasteiger partial charge < -0.3 is 5.32 Å². The average molecular weight is 217 g/mol. The minimum absolute atomic E-state index is 0.783. The zero-order valence-corrected chi connectivity index (χ0v) is 9.73. The molecule has 0 saturated carbocycles. The molecule has 0 bridgehead atoms. The molecule has 0 unspecified atom stereocenters. The van der Waals surface area contributed by atoms with Gasteiger partial charge in [-0.05, 0) is 13.3 Å². The minimum atomic E-state index is 0.783. The van der Waals surface area contributed by atoms with E-state index in [1.165, 1.54) is 0 Å². The molecule has 0 saturated heterocycles. The van der Waals surface area contributed by atoms with Crippen LogP contribution in [0.4, 0.5) is 11.5 Å². The van der Waals surface area contributed by atoms with Gasteiger partial charge in [-0.25, -0.2) is 9.97 Å². The van der Waals surface area contributed by atoms with Gasteiger partial charge in [0.1, 0.15) is 11.6 Å². The largest absolute Gasteiger partial charge is 0.338 e. The molecule has 1 N–H and O–H groups in total. The quantitative estimate of drug-likeness (QED) is 0.852. The van der Waals surface area contributed by atoms with Gasteiger partial charge in [0.25, 0.3) is 0 Å². The lowest BCUT2D eigenvalue weighted by molar-refractivity contribution is 0.768. The Morgan fingerprint density at radius 2 is 2.19 bits per heavy atom. The Hall–Kier alpha value is -1.91. The molecule has 5 heteroatoms. The van der Waals surface area contributed by atoms with Crippen molar-refractivity contribution in [2.45, 2.75) is 20.3 Å². The molecule has 0 aromatic carbocycles. The Bertz CT molecular complexity index is 489. The van der Waals surface area contributed by atoms with Crippen LogP contribution >= 0.6 is 0 Å². The zero-order valence-electron chi connectivity index (χ0n) is 9.73. The molecule has 2 aromatic heterocycles. The lowest BCUT2D eigenvalue weighted by Gasteiger charge is -2.05. The fourth-order valence-electron chi connectivity index (χ4n) is 1.51. The van der Waals surface area contributed by atoms with Gasteiger partial charge >= 0.3 is 0 Å². The Morgan fingerprint density at radius 3 is 2.81 bits per heavy atom. The zero-order chi connectivity index (χ0) is 11.5. The van der Waals surface area contributed by atoms with Crippen LogP contribution in [-0.4, -0.2) is 19.7 Å². The summed E-state index contributed by atoms with van der Waals surface area (Å²) in [6.07, 6.45) is 4.58. The SMILES string of the molecule is CCc1cc(Nc2cnn(C)c2)nc(C)n1. The summed E-state index contributed by atoms with van der Waals surface area (Å²) in [5.74, 6) is 1.60. The highest BCUT2D eigenvalue weighted by Crippen LogP contribution is 2.14. The highest BCUT2D eigenvalue weighted by Gasteiger charge is 2.02. The summed E-state index contributed by atoms with van der Waals surface area (Å²) in [6, 6.07) is 1.96. The van der Waals surface area contributed by atoms with Crippen LogP contribution in [0.2, 0.25) is 0 Å². The molecule has 0 spiro atoms.